The van der Waals surface area contributed by atoms with Gasteiger partial charge in [-0.2, -0.15) is 4.31 Å². The highest BCUT2D eigenvalue weighted by atomic mass is 35.5. The Hall–Kier alpha value is -2.62. The third-order valence-electron chi connectivity index (χ3n) is 4.38. The number of carbonyl (C=O) groups is 2. The predicted molar refractivity (Wildman–Crippen MR) is 118 cm³/mol. The second kappa shape index (κ2) is 11.1. The van der Waals surface area contributed by atoms with Crippen molar-refractivity contribution in [1.29, 1.82) is 0 Å². The van der Waals surface area contributed by atoms with Crippen molar-refractivity contribution in [2.45, 2.75) is 31.6 Å². The summed E-state index contributed by atoms with van der Waals surface area (Å²) in [4.78, 5) is 24.0. The van der Waals surface area contributed by atoms with E-state index in [0.29, 0.717) is 23.8 Å². The first-order valence-electron chi connectivity index (χ1n) is 9.59. The number of benzene rings is 2. The summed E-state index contributed by atoms with van der Waals surface area (Å²) in [5.74, 6) is -0.371. The highest BCUT2D eigenvalue weighted by Crippen LogP contribution is 2.22. The normalized spacial score (nSPS) is 11.3. The maximum atomic E-state index is 12.5. The molecule has 2 rings (SSSR count). The average molecular weight is 468 g/mol. The van der Waals surface area contributed by atoms with Crippen LogP contribution in [0.15, 0.2) is 47.4 Å². The molecule has 2 amide bonds. The number of aryl methyl sites for hydroxylation is 2. The fraction of sp³-hybridized carbons (Fsp3) is 0.333. The number of nitrogens with one attached hydrogen (secondary N) is 2. The molecule has 0 bridgehead atoms. The zero-order valence-electron chi connectivity index (χ0n) is 17.6. The molecule has 168 valence electrons. The lowest BCUT2D eigenvalue weighted by atomic mass is 10.2. The lowest BCUT2D eigenvalue weighted by Crippen LogP contribution is -2.46. The third kappa shape index (κ3) is 7.54. The highest BCUT2D eigenvalue weighted by molar-refractivity contribution is 7.89. The van der Waals surface area contributed by atoms with Crippen molar-refractivity contribution in [3.8, 4) is 5.75 Å². The number of carbonyl (C=O) groups excluding carboxylic acids is 2. The van der Waals surface area contributed by atoms with Gasteiger partial charge in [-0.05, 0) is 56.2 Å². The number of amides is 2. The number of hydrogen-bond donors (Lipinski definition) is 2. The van der Waals surface area contributed by atoms with Gasteiger partial charge >= 0.3 is 0 Å². The third-order valence-corrected chi connectivity index (χ3v) is 6.43. The van der Waals surface area contributed by atoms with Crippen molar-refractivity contribution < 1.29 is 22.7 Å². The number of rotatable bonds is 9. The summed E-state index contributed by atoms with van der Waals surface area (Å²) < 4.78 is 31.5. The van der Waals surface area contributed by atoms with E-state index in [9.17, 15) is 18.0 Å². The monoisotopic (exact) mass is 467 g/mol. The molecule has 0 unspecified atom stereocenters. The SMILES string of the molecule is Cc1ccc(S(=O)(=O)N(C)CC(=O)NNC(=O)CCCOc2ccc(Cl)cc2C)cc1. The van der Waals surface area contributed by atoms with Crippen LogP contribution in [-0.4, -0.2) is 44.7 Å². The molecule has 8 nitrogen and oxygen atoms in total. The molecule has 0 atom stereocenters. The van der Waals surface area contributed by atoms with Crippen LogP contribution < -0.4 is 15.6 Å². The van der Waals surface area contributed by atoms with Crippen LogP contribution in [0.1, 0.15) is 24.0 Å². The Balaban J connectivity index is 1.71. The molecule has 2 aromatic rings. The summed E-state index contributed by atoms with van der Waals surface area (Å²) in [7, 11) is -2.51. The summed E-state index contributed by atoms with van der Waals surface area (Å²) in [6, 6.07) is 11.6. The lowest BCUT2D eigenvalue weighted by Gasteiger charge is -2.17. The van der Waals surface area contributed by atoms with Gasteiger partial charge in [0.15, 0.2) is 0 Å². The number of hydrazine groups is 1. The van der Waals surface area contributed by atoms with Crippen molar-refractivity contribution in [2.75, 3.05) is 20.2 Å². The van der Waals surface area contributed by atoms with Gasteiger partial charge in [-0.1, -0.05) is 29.3 Å². The Labute approximate surface area is 187 Å². The molecular weight excluding hydrogens is 442 g/mol. The molecule has 0 saturated carbocycles. The highest BCUT2D eigenvalue weighted by Gasteiger charge is 2.22. The van der Waals surface area contributed by atoms with Crippen LogP contribution >= 0.6 is 11.6 Å². The van der Waals surface area contributed by atoms with Crippen LogP contribution in [0.3, 0.4) is 0 Å². The molecule has 0 aromatic heterocycles. The van der Waals surface area contributed by atoms with Crippen molar-refractivity contribution in [3.05, 3.63) is 58.6 Å². The molecule has 2 N–H and O–H groups in total. The second-order valence-corrected chi connectivity index (χ2v) is 9.51. The van der Waals surface area contributed by atoms with Gasteiger partial charge in [-0.25, -0.2) is 8.42 Å². The van der Waals surface area contributed by atoms with Gasteiger partial charge in [0.1, 0.15) is 5.75 Å². The zero-order chi connectivity index (χ0) is 23.0. The number of likely N-dealkylation sites (N-methyl/N-ethyl adjacent to an activating group) is 1. The minimum atomic E-state index is -3.80. The molecule has 10 heteroatoms. The predicted octanol–water partition coefficient (Wildman–Crippen LogP) is 2.58. The summed E-state index contributed by atoms with van der Waals surface area (Å²) in [6.07, 6.45) is 0.565. The van der Waals surface area contributed by atoms with Crippen molar-refractivity contribution >= 4 is 33.4 Å². The molecule has 0 radical (unpaired) electrons. The minimum absolute atomic E-state index is 0.0911. The van der Waals surface area contributed by atoms with E-state index in [-0.39, 0.29) is 11.3 Å². The summed E-state index contributed by atoms with van der Waals surface area (Å²) >= 11 is 5.89. The molecule has 0 spiro atoms. The van der Waals surface area contributed by atoms with E-state index >= 15 is 0 Å². The van der Waals surface area contributed by atoms with Crippen LogP contribution in [0, 0.1) is 13.8 Å². The standard InChI is InChI=1S/C21H26ClN3O5S/c1-15-6-9-18(10-7-15)31(28,29)25(3)14-21(27)24-23-20(26)5-4-12-30-19-11-8-17(22)13-16(19)2/h6-11,13H,4-5,12,14H2,1-3H3,(H,23,26)(H,24,27). The quantitative estimate of drug-likeness (QED) is 0.435. The number of sulfonamides is 1. The van der Waals surface area contributed by atoms with Crippen LogP contribution in [-0.2, 0) is 19.6 Å². The van der Waals surface area contributed by atoms with Crippen LogP contribution in [0.2, 0.25) is 5.02 Å². The van der Waals surface area contributed by atoms with E-state index in [1.807, 2.05) is 13.8 Å². The van der Waals surface area contributed by atoms with E-state index < -0.39 is 28.4 Å². The van der Waals surface area contributed by atoms with Crippen LogP contribution in [0.5, 0.6) is 5.75 Å². The summed E-state index contributed by atoms with van der Waals surface area (Å²) in [6.45, 7) is 3.61. The minimum Gasteiger partial charge on any atom is -0.493 e. The lowest BCUT2D eigenvalue weighted by molar-refractivity contribution is -0.129. The zero-order valence-corrected chi connectivity index (χ0v) is 19.2. The molecule has 0 aliphatic heterocycles. The number of nitrogens with zero attached hydrogens (tertiary/aromatic N) is 1. The van der Waals surface area contributed by atoms with Gasteiger partial charge in [-0.3, -0.25) is 20.4 Å². The largest absolute Gasteiger partial charge is 0.493 e. The fourth-order valence-electron chi connectivity index (χ4n) is 2.61. The maximum Gasteiger partial charge on any atom is 0.253 e. The molecule has 0 aliphatic rings. The van der Waals surface area contributed by atoms with Gasteiger partial charge in [0.2, 0.25) is 15.9 Å². The van der Waals surface area contributed by atoms with E-state index in [1.165, 1.54) is 19.2 Å². The molecule has 0 aliphatic carbocycles. The van der Waals surface area contributed by atoms with Gasteiger partial charge < -0.3 is 4.74 Å². The molecule has 2 aromatic carbocycles. The number of halogens is 1. The number of ether oxygens (including phenoxy) is 1. The summed E-state index contributed by atoms with van der Waals surface area (Å²) in [5.41, 5.74) is 6.31. The van der Waals surface area contributed by atoms with E-state index in [1.54, 1.807) is 30.3 Å². The topological polar surface area (TPSA) is 105 Å². The first-order chi connectivity index (χ1) is 14.6. The second-order valence-electron chi connectivity index (χ2n) is 7.03. The molecule has 0 fully saturated rings. The Morgan fingerprint density at radius 1 is 1.03 bits per heavy atom. The fourth-order valence-corrected chi connectivity index (χ4v) is 3.96. The van der Waals surface area contributed by atoms with Crippen LogP contribution in [0.25, 0.3) is 0 Å². The molecular formula is C21H26ClN3O5S. The van der Waals surface area contributed by atoms with Crippen molar-refractivity contribution in [3.63, 3.8) is 0 Å². The maximum absolute atomic E-state index is 12.5. The Morgan fingerprint density at radius 3 is 2.32 bits per heavy atom. The molecule has 31 heavy (non-hydrogen) atoms. The Bertz CT molecular complexity index is 1030. The van der Waals surface area contributed by atoms with Gasteiger partial charge in [0.25, 0.3) is 5.91 Å². The Kier molecular flexibility index (Phi) is 8.85. The van der Waals surface area contributed by atoms with Gasteiger partial charge in [0.05, 0.1) is 18.0 Å². The number of hydrogen-bond acceptors (Lipinski definition) is 5. The molecule has 0 heterocycles. The van der Waals surface area contributed by atoms with Gasteiger partial charge in [0, 0.05) is 18.5 Å². The Morgan fingerprint density at radius 2 is 1.68 bits per heavy atom. The van der Waals surface area contributed by atoms with E-state index in [0.717, 1.165) is 15.4 Å². The average Bonchev–Trinajstić information content (AvgIpc) is 2.71. The smallest absolute Gasteiger partial charge is 0.253 e. The first-order valence-corrected chi connectivity index (χ1v) is 11.4. The van der Waals surface area contributed by atoms with Crippen molar-refractivity contribution in [2.24, 2.45) is 0 Å². The molecule has 0 saturated heterocycles. The van der Waals surface area contributed by atoms with Crippen LogP contribution in [0.4, 0.5) is 0 Å². The van der Waals surface area contributed by atoms with Gasteiger partial charge in [-0.15, -0.1) is 0 Å². The van der Waals surface area contributed by atoms with E-state index in [2.05, 4.69) is 10.9 Å². The van der Waals surface area contributed by atoms with Crippen molar-refractivity contribution in [1.82, 2.24) is 15.2 Å². The first kappa shape index (κ1) is 24.6. The summed E-state index contributed by atoms with van der Waals surface area (Å²) in [5, 5.41) is 0.622. The van der Waals surface area contributed by atoms with E-state index in [4.69, 9.17) is 16.3 Å².